The molecule has 25 heavy (non-hydrogen) atoms. The number of nitrogens with zero attached hydrogens (tertiary/aromatic N) is 1. The Morgan fingerprint density at radius 3 is 2.84 bits per heavy atom. The highest BCUT2D eigenvalue weighted by Crippen LogP contribution is 2.22. The van der Waals surface area contributed by atoms with Crippen LogP contribution in [-0.4, -0.2) is 35.7 Å². The predicted molar refractivity (Wildman–Crippen MR) is 98.0 cm³/mol. The normalized spacial score (nSPS) is 19.6. The van der Waals surface area contributed by atoms with E-state index in [9.17, 15) is 9.18 Å². The van der Waals surface area contributed by atoms with Crippen LogP contribution in [0.4, 0.5) is 9.18 Å². The summed E-state index contributed by atoms with van der Waals surface area (Å²) in [6.45, 7) is 11.9. The van der Waals surface area contributed by atoms with E-state index >= 15 is 0 Å². The van der Waals surface area contributed by atoms with Crippen molar-refractivity contribution >= 4 is 6.09 Å². The van der Waals surface area contributed by atoms with Crippen LogP contribution in [-0.2, 0) is 11.3 Å². The number of carbonyl (C=O) groups excluding carboxylic acids is 1. The molecule has 1 aromatic rings. The third kappa shape index (κ3) is 5.99. The molecule has 140 valence electrons. The van der Waals surface area contributed by atoms with E-state index in [2.05, 4.69) is 12.2 Å². The molecule has 2 unspecified atom stereocenters. The Labute approximate surface area is 150 Å². The molecular weight excluding hydrogens is 319 g/mol. The number of likely N-dealkylation sites (tertiary alicyclic amines) is 1. The second kappa shape index (κ2) is 8.17. The lowest BCUT2D eigenvalue weighted by Gasteiger charge is -2.37. The number of hydrogen-bond acceptors (Lipinski definition) is 3. The summed E-state index contributed by atoms with van der Waals surface area (Å²) in [6.07, 6.45) is 1.83. The molecule has 1 N–H and O–H groups in total. The summed E-state index contributed by atoms with van der Waals surface area (Å²) >= 11 is 0. The predicted octanol–water partition coefficient (Wildman–Crippen LogP) is 4.26. The maximum atomic E-state index is 13.4. The summed E-state index contributed by atoms with van der Waals surface area (Å²) in [5.74, 6) is 0.166. The van der Waals surface area contributed by atoms with Gasteiger partial charge in [0, 0.05) is 25.7 Å². The minimum Gasteiger partial charge on any atom is -0.444 e. The number of halogens is 1. The molecule has 1 aliphatic rings. The van der Waals surface area contributed by atoms with Gasteiger partial charge >= 0.3 is 6.09 Å². The van der Waals surface area contributed by atoms with Gasteiger partial charge in [0.2, 0.25) is 0 Å². The monoisotopic (exact) mass is 350 g/mol. The fourth-order valence-corrected chi connectivity index (χ4v) is 3.18. The largest absolute Gasteiger partial charge is 0.444 e. The fraction of sp³-hybridized carbons (Fsp3) is 0.650. The van der Waals surface area contributed by atoms with Crippen molar-refractivity contribution in [3.63, 3.8) is 0 Å². The standard InChI is InChI=1S/C20H31FN2O2/c1-14-8-9-18(21)11-17(14)12-22-15(2)16-7-6-10-23(13-16)19(24)25-20(3,4)5/h8-9,11,15-16,22H,6-7,10,12-13H2,1-5H3. The molecule has 4 nitrogen and oxygen atoms in total. The number of carbonyl (C=O) groups is 1. The molecular formula is C20H31FN2O2. The van der Waals surface area contributed by atoms with Gasteiger partial charge in [-0.3, -0.25) is 0 Å². The molecule has 0 aromatic heterocycles. The van der Waals surface area contributed by atoms with E-state index in [0.717, 1.165) is 30.5 Å². The molecule has 1 aliphatic heterocycles. The molecule has 2 rings (SSSR count). The van der Waals surface area contributed by atoms with Crippen molar-refractivity contribution < 1.29 is 13.9 Å². The van der Waals surface area contributed by atoms with E-state index in [0.29, 0.717) is 19.0 Å². The van der Waals surface area contributed by atoms with Gasteiger partial charge in [-0.05, 0) is 76.6 Å². The maximum absolute atomic E-state index is 13.4. The van der Waals surface area contributed by atoms with Gasteiger partial charge in [0.05, 0.1) is 0 Å². The Morgan fingerprint density at radius 2 is 2.16 bits per heavy atom. The summed E-state index contributed by atoms with van der Waals surface area (Å²) in [5, 5.41) is 3.50. The van der Waals surface area contributed by atoms with Crippen LogP contribution >= 0.6 is 0 Å². The summed E-state index contributed by atoms with van der Waals surface area (Å²) in [4.78, 5) is 14.1. The molecule has 0 radical (unpaired) electrons. The first-order valence-corrected chi connectivity index (χ1v) is 9.12. The lowest BCUT2D eigenvalue weighted by Crippen LogP contribution is -2.47. The molecule has 2 atom stereocenters. The van der Waals surface area contributed by atoms with Gasteiger partial charge in [-0.15, -0.1) is 0 Å². The number of nitrogens with one attached hydrogen (secondary N) is 1. The Morgan fingerprint density at radius 1 is 1.44 bits per heavy atom. The van der Waals surface area contributed by atoms with Gasteiger partial charge in [0.1, 0.15) is 11.4 Å². The number of benzene rings is 1. The summed E-state index contributed by atoms with van der Waals surface area (Å²) in [7, 11) is 0. The van der Waals surface area contributed by atoms with Crippen molar-refractivity contribution in [3.05, 3.63) is 35.1 Å². The molecule has 0 saturated carbocycles. The Balaban J connectivity index is 1.89. The van der Waals surface area contributed by atoms with Gasteiger partial charge in [0.15, 0.2) is 0 Å². The molecule has 1 heterocycles. The smallest absolute Gasteiger partial charge is 0.410 e. The summed E-state index contributed by atoms with van der Waals surface area (Å²) < 4.78 is 18.9. The van der Waals surface area contributed by atoms with Gasteiger partial charge < -0.3 is 15.0 Å². The fourth-order valence-electron chi connectivity index (χ4n) is 3.18. The van der Waals surface area contributed by atoms with Crippen LogP contribution in [0.5, 0.6) is 0 Å². The topological polar surface area (TPSA) is 41.6 Å². The van der Waals surface area contributed by atoms with Crippen molar-refractivity contribution in [1.29, 1.82) is 0 Å². The molecule has 0 spiro atoms. The SMILES string of the molecule is Cc1ccc(F)cc1CNC(C)C1CCCN(C(=O)OC(C)(C)C)C1. The first-order chi connectivity index (χ1) is 11.7. The van der Waals surface area contributed by atoms with Crippen LogP contribution in [0.3, 0.4) is 0 Å². The number of ether oxygens (including phenoxy) is 1. The number of rotatable bonds is 4. The van der Waals surface area contributed by atoms with Gasteiger partial charge in [-0.2, -0.15) is 0 Å². The van der Waals surface area contributed by atoms with Gasteiger partial charge in [-0.25, -0.2) is 9.18 Å². The van der Waals surface area contributed by atoms with E-state index in [1.807, 2.05) is 38.7 Å². The van der Waals surface area contributed by atoms with Crippen LogP contribution < -0.4 is 5.32 Å². The Kier molecular flexibility index (Phi) is 6.44. The minimum atomic E-state index is -0.469. The highest BCUT2D eigenvalue weighted by molar-refractivity contribution is 5.68. The van der Waals surface area contributed by atoms with Crippen LogP contribution in [0, 0.1) is 18.7 Å². The third-order valence-corrected chi connectivity index (χ3v) is 4.74. The molecule has 0 bridgehead atoms. The maximum Gasteiger partial charge on any atom is 0.410 e. The highest BCUT2D eigenvalue weighted by Gasteiger charge is 2.30. The number of amides is 1. The summed E-state index contributed by atoms with van der Waals surface area (Å²) in [5.41, 5.74) is 1.59. The number of hydrogen-bond donors (Lipinski definition) is 1. The molecule has 5 heteroatoms. The Hall–Kier alpha value is -1.62. The van der Waals surface area contributed by atoms with E-state index in [4.69, 9.17) is 4.74 Å². The van der Waals surface area contributed by atoms with Crippen LogP contribution in [0.25, 0.3) is 0 Å². The van der Waals surface area contributed by atoms with E-state index in [-0.39, 0.29) is 18.0 Å². The molecule has 1 saturated heterocycles. The van der Waals surface area contributed by atoms with E-state index in [1.165, 1.54) is 6.07 Å². The molecule has 0 aliphatic carbocycles. The molecule has 1 fully saturated rings. The number of piperidine rings is 1. The van der Waals surface area contributed by atoms with E-state index < -0.39 is 5.60 Å². The zero-order valence-electron chi connectivity index (χ0n) is 16.1. The lowest BCUT2D eigenvalue weighted by molar-refractivity contribution is 0.0148. The first-order valence-electron chi connectivity index (χ1n) is 9.12. The zero-order valence-corrected chi connectivity index (χ0v) is 16.1. The van der Waals surface area contributed by atoms with Crippen molar-refractivity contribution in [2.75, 3.05) is 13.1 Å². The van der Waals surface area contributed by atoms with Crippen molar-refractivity contribution in [1.82, 2.24) is 10.2 Å². The minimum absolute atomic E-state index is 0.205. The summed E-state index contributed by atoms with van der Waals surface area (Å²) in [6, 6.07) is 5.13. The van der Waals surface area contributed by atoms with E-state index in [1.54, 1.807) is 6.07 Å². The van der Waals surface area contributed by atoms with Crippen LogP contribution in [0.2, 0.25) is 0 Å². The average Bonchev–Trinajstić information content (AvgIpc) is 2.54. The Bertz CT molecular complexity index is 598. The molecule has 1 amide bonds. The van der Waals surface area contributed by atoms with Crippen LogP contribution in [0.1, 0.15) is 51.7 Å². The van der Waals surface area contributed by atoms with Crippen molar-refractivity contribution in [3.8, 4) is 0 Å². The second-order valence-electron chi connectivity index (χ2n) is 8.07. The third-order valence-electron chi connectivity index (χ3n) is 4.74. The average molecular weight is 350 g/mol. The first kappa shape index (κ1) is 19.7. The van der Waals surface area contributed by atoms with Crippen molar-refractivity contribution in [2.45, 2.75) is 65.6 Å². The molecule has 1 aromatic carbocycles. The van der Waals surface area contributed by atoms with Gasteiger partial charge in [-0.1, -0.05) is 6.07 Å². The number of aryl methyl sites for hydroxylation is 1. The second-order valence-corrected chi connectivity index (χ2v) is 8.07. The quantitative estimate of drug-likeness (QED) is 0.882. The highest BCUT2D eigenvalue weighted by atomic mass is 19.1. The van der Waals surface area contributed by atoms with Gasteiger partial charge in [0.25, 0.3) is 0 Å². The lowest BCUT2D eigenvalue weighted by atomic mass is 9.91. The van der Waals surface area contributed by atoms with Crippen molar-refractivity contribution in [2.24, 2.45) is 5.92 Å². The van der Waals surface area contributed by atoms with Crippen LogP contribution in [0.15, 0.2) is 18.2 Å². The zero-order chi connectivity index (χ0) is 18.6.